The van der Waals surface area contributed by atoms with Crippen LogP contribution >= 0.6 is 11.3 Å². The largest absolute Gasteiger partial charge is 0.503 e. The van der Waals surface area contributed by atoms with Gasteiger partial charge in [0.15, 0.2) is 5.01 Å². The van der Waals surface area contributed by atoms with Crippen molar-refractivity contribution in [2.24, 2.45) is 5.92 Å². The number of fused-ring (bicyclic) bond motifs is 3. The third-order valence-electron chi connectivity index (χ3n) is 6.76. The maximum atomic E-state index is 13.1. The first-order chi connectivity index (χ1) is 17.5. The lowest BCUT2D eigenvalue weighted by Crippen LogP contribution is -2.38. The molecule has 0 spiro atoms. The van der Waals surface area contributed by atoms with Crippen molar-refractivity contribution in [2.75, 3.05) is 6.54 Å². The van der Waals surface area contributed by atoms with E-state index >= 15 is 0 Å². The van der Waals surface area contributed by atoms with Crippen molar-refractivity contribution in [1.29, 1.82) is 0 Å². The fraction of sp³-hybridized carbons (Fsp3) is 0.500. The van der Waals surface area contributed by atoms with Crippen molar-refractivity contribution in [2.45, 2.75) is 63.9 Å². The third kappa shape index (κ3) is 6.39. The summed E-state index contributed by atoms with van der Waals surface area (Å²) in [6.45, 7) is 1.28. The summed E-state index contributed by atoms with van der Waals surface area (Å²) in [5.74, 6) is 0.400. The fourth-order valence-electron chi connectivity index (χ4n) is 5.04. The van der Waals surface area contributed by atoms with E-state index in [0.717, 1.165) is 48.0 Å². The van der Waals surface area contributed by atoms with Gasteiger partial charge >= 0.3 is 12.3 Å². The molecule has 4 heterocycles. The molecule has 1 aliphatic heterocycles. The molecule has 0 saturated heterocycles. The third-order valence-corrected chi connectivity index (χ3v) is 7.78. The molecule has 2 aliphatic rings. The van der Waals surface area contributed by atoms with Gasteiger partial charge in [-0.25, -0.2) is 14.8 Å². The van der Waals surface area contributed by atoms with Gasteiger partial charge in [-0.1, -0.05) is 0 Å². The van der Waals surface area contributed by atoms with Gasteiger partial charge in [-0.3, -0.25) is 4.79 Å². The summed E-state index contributed by atoms with van der Waals surface area (Å²) in [7, 11) is 0. The summed E-state index contributed by atoms with van der Waals surface area (Å²) in [6, 6.07) is 3.84. The molecule has 3 aromatic heterocycles. The molecular formula is C24H27F3N4O5S. The monoisotopic (exact) mass is 540 g/mol. The highest BCUT2D eigenvalue weighted by Crippen LogP contribution is 2.35. The predicted molar refractivity (Wildman–Crippen MR) is 128 cm³/mol. The highest BCUT2D eigenvalue weighted by Gasteiger charge is 2.35. The van der Waals surface area contributed by atoms with E-state index < -0.39 is 17.3 Å². The normalized spacial score (nSPS) is 19.7. The van der Waals surface area contributed by atoms with Crippen molar-refractivity contribution in [3.05, 3.63) is 45.7 Å². The minimum atomic E-state index is -4.46. The second-order valence-electron chi connectivity index (χ2n) is 9.24. The predicted octanol–water partition coefficient (Wildman–Crippen LogP) is 4.61. The number of pyridine rings is 1. The number of thiazole rings is 1. The Kier molecular flexibility index (Phi) is 8.02. The van der Waals surface area contributed by atoms with E-state index in [4.69, 9.17) is 15.0 Å². The van der Waals surface area contributed by atoms with Crippen LogP contribution in [0.4, 0.5) is 18.0 Å². The van der Waals surface area contributed by atoms with Gasteiger partial charge in [-0.05, 0) is 55.7 Å². The van der Waals surface area contributed by atoms with Crippen molar-refractivity contribution < 1.29 is 38.1 Å². The molecule has 0 unspecified atom stereocenters. The highest BCUT2D eigenvalue weighted by atomic mass is 32.1. The Hall–Kier alpha value is -3.19. The van der Waals surface area contributed by atoms with Gasteiger partial charge in [0, 0.05) is 41.3 Å². The molecule has 0 atom stereocenters. The average molecular weight is 541 g/mol. The Morgan fingerprint density at radius 2 is 1.84 bits per heavy atom. The fourth-order valence-corrected chi connectivity index (χ4v) is 5.80. The van der Waals surface area contributed by atoms with Gasteiger partial charge in [0.2, 0.25) is 5.91 Å². The van der Waals surface area contributed by atoms with Crippen LogP contribution in [0, 0.1) is 5.92 Å². The van der Waals surface area contributed by atoms with E-state index in [2.05, 4.69) is 9.97 Å². The van der Waals surface area contributed by atoms with E-state index in [0.29, 0.717) is 48.1 Å². The maximum Gasteiger partial charge on any atom is 0.503 e. The number of aromatic nitrogens is 3. The Morgan fingerprint density at radius 3 is 2.49 bits per heavy atom. The second-order valence-corrected chi connectivity index (χ2v) is 10.4. The average Bonchev–Trinajstić information content (AvgIpc) is 3.44. The molecule has 13 heteroatoms. The van der Waals surface area contributed by atoms with Crippen LogP contribution in [0.5, 0.6) is 0 Å². The highest BCUT2D eigenvalue weighted by molar-refractivity contribution is 7.11. The molecular weight excluding hydrogens is 513 g/mol. The standard InChI is InChI=1S/C23H25F3N4O2S.CH2O3/c24-23(25,26)22-28-11-16(33-22)12-30-19-13-29(20(32)10-14-3-5-15(31)6-4-14)9-7-17(19)18-2-1-8-27-21(18)30;2-1(3)4/h1-2,8,11,14-15,31H,3-7,9-10,12-13H2;(H2,2,3,4)/t14-,15-;. The smallest absolute Gasteiger partial charge is 0.450 e. The molecule has 3 aromatic rings. The minimum absolute atomic E-state index is 0.101. The van der Waals surface area contributed by atoms with Crippen molar-refractivity contribution in [3.8, 4) is 0 Å². The lowest BCUT2D eigenvalue weighted by atomic mass is 9.85. The number of halogens is 3. The number of aliphatic hydroxyl groups is 1. The van der Waals surface area contributed by atoms with Crippen LogP contribution in [0.25, 0.3) is 11.0 Å². The Labute approximate surface area is 214 Å². The van der Waals surface area contributed by atoms with Gasteiger partial charge in [-0.15, -0.1) is 11.3 Å². The van der Waals surface area contributed by atoms with Crippen LogP contribution < -0.4 is 0 Å². The van der Waals surface area contributed by atoms with Gasteiger partial charge in [0.1, 0.15) is 5.65 Å². The molecule has 37 heavy (non-hydrogen) atoms. The molecule has 3 N–H and O–H groups in total. The van der Waals surface area contributed by atoms with Crippen LogP contribution in [0.3, 0.4) is 0 Å². The number of carbonyl (C=O) groups excluding carboxylic acids is 1. The number of carbonyl (C=O) groups is 2. The SMILES string of the molecule is O=C(C[C@H]1CC[C@H](O)CC1)N1CCc2c(n(Cc3cnc(C(F)(F)F)s3)c3ncccc23)C1.O=C(O)O. The quantitative estimate of drug-likeness (QED) is 0.441. The number of hydrogen-bond donors (Lipinski definition) is 3. The van der Waals surface area contributed by atoms with Crippen LogP contribution in [0.1, 0.15) is 53.2 Å². The van der Waals surface area contributed by atoms with E-state index in [-0.39, 0.29) is 18.6 Å². The van der Waals surface area contributed by atoms with Gasteiger partial charge in [0.05, 0.1) is 19.2 Å². The molecule has 9 nitrogen and oxygen atoms in total. The Balaban J connectivity index is 0.000000747. The number of alkyl halides is 3. The molecule has 0 bridgehead atoms. The topological polar surface area (TPSA) is 129 Å². The number of hydrogen-bond acceptors (Lipinski definition) is 6. The maximum absolute atomic E-state index is 13.1. The van der Waals surface area contributed by atoms with Crippen LogP contribution in [0.2, 0.25) is 0 Å². The molecule has 200 valence electrons. The number of aliphatic hydroxyl groups excluding tert-OH is 1. The second kappa shape index (κ2) is 11.1. The van der Waals surface area contributed by atoms with Crippen molar-refractivity contribution in [3.63, 3.8) is 0 Å². The molecule has 0 aromatic carbocycles. The minimum Gasteiger partial charge on any atom is -0.450 e. The van der Waals surface area contributed by atoms with Crippen LogP contribution in [0.15, 0.2) is 24.5 Å². The number of carboxylic acid groups (broad SMARTS) is 2. The lowest BCUT2D eigenvalue weighted by molar-refractivity contribution is -0.137. The first-order valence-corrected chi connectivity index (χ1v) is 12.7. The Bertz CT molecular complexity index is 1260. The van der Waals surface area contributed by atoms with Crippen LogP contribution in [-0.4, -0.2) is 59.5 Å². The van der Waals surface area contributed by atoms with E-state index in [1.165, 1.54) is 6.20 Å². The van der Waals surface area contributed by atoms with E-state index in [1.807, 2.05) is 21.6 Å². The summed E-state index contributed by atoms with van der Waals surface area (Å²) in [5.41, 5.74) is 2.77. The van der Waals surface area contributed by atoms with Crippen molar-refractivity contribution >= 4 is 34.4 Å². The summed E-state index contributed by atoms with van der Waals surface area (Å²) in [6.07, 6.45) is 0.802. The number of amides is 1. The van der Waals surface area contributed by atoms with E-state index in [9.17, 15) is 23.1 Å². The summed E-state index contributed by atoms with van der Waals surface area (Å²) in [5, 5.41) is 23.8. The van der Waals surface area contributed by atoms with E-state index in [1.54, 1.807) is 6.20 Å². The summed E-state index contributed by atoms with van der Waals surface area (Å²) in [4.78, 5) is 32.0. The number of rotatable bonds is 4. The van der Waals surface area contributed by atoms with Gasteiger partial charge in [-0.2, -0.15) is 13.2 Å². The molecule has 1 amide bonds. The lowest BCUT2D eigenvalue weighted by Gasteiger charge is -2.31. The summed E-state index contributed by atoms with van der Waals surface area (Å²) < 4.78 is 41.0. The first kappa shape index (κ1) is 26.9. The Morgan fingerprint density at radius 1 is 1.14 bits per heavy atom. The first-order valence-electron chi connectivity index (χ1n) is 11.9. The zero-order valence-electron chi connectivity index (χ0n) is 19.8. The molecule has 1 fully saturated rings. The van der Waals surface area contributed by atoms with Gasteiger partial charge < -0.3 is 24.8 Å². The molecule has 0 radical (unpaired) electrons. The van der Waals surface area contributed by atoms with Gasteiger partial charge in [0.25, 0.3) is 0 Å². The molecule has 1 saturated carbocycles. The zero-order valence-corrected chi connectivity index (χ0v) is 20.6. The van der Waals surface area contributed by atoms with Crippen molar-refractivity contribution in [1.82, 2.24) is 19.4 Å². The molecule has 1 aliphatic carbocycles. The number of nitrogens with zero attached hydrogens (tertiary/aromatic N) is 4. The molecule has 5 rings (SSSR count). The summed E-state index contributed by atoms with van der Waals surface area (Å²) >= 11 is 0.642. The zero-order chi connectivity index (χ0) is 26.7. The van der Waals surface area contributed by atoms with Crippen LogP contribution in [-0.2, 0) is 30.5 Å².